The number of halogens is 1. The van der Waals surface area contributed by atoms with Gasteiger partial charge >= 0.3 is 5.97 Å². The summed E-state index contributed by atoms with van der Waals surface area (Å²) >= 11 is 6.25. The van der Waals surface area contributed by atoms with Gasteiger partial charge in [-0.05, 0) is 37.0 Å². The van der Waals surface area contributed by atoms with Gasteiger partial charge in [0.25, 0.3) is 0 Å². The second kappa shape index (κ2) is 4.35. The topological polar surface area (TPSA) is 66.8 Å². The lowest BCUT2D eigenvalue weighted by Crippen LogP contribution is -2.15. The molecule has 0 radical (unpaired) electrons. The molecule has 0 aliphatic heterocycles. The molecule has 0 atom stereocenters. The van der Waals surface area contributed by atoms with Crippen molar-refractivity contribution in [1.82, 2.24) is 0 Å². The van der Waals surface area contributed by atoms with Crippen LogP contribution in [-0.2, 0) is 10.2 Å². The van der Waals surface area contributed by atoms with Crippen LogP contribution < -0.4 is 4.74 Å². The standard InChI is InChI=1S/C13H15ClO4/c1-7-5-8(15)12(18-2)11(14)10(7)13(3-4-13)6-9(16)17/h5,15H,3-4,6H2,1-2H3,(H,16,17). The van der Waals surface area contributed by atoms with Gasteiger partial charge in [0.05, 0.1) is 18.6 Å². The van der Waals surface area contributed by atoms with E-state index in [4.69, 9.17) is 21.4 Å². The Bertz CT molecular complexity index is 506. The molecule has 98 valence electrons. The Balaban J connectivity index is 2.54. The minimum Gasteiger partial charge on any atom is -0.504 e. The van der Waals surface area contributed by atoms with Gasteiger partial charge in [0.2, 0.25) is 0 Å². The van der Waals surface area contributed by atoms with Crippen molar-refractivity contribution in [2.45, 2.75) is 31.6 Å². The predicted molar refractivity (Wildman–Crippen MR) is 67.6 cm³/mol. The number of aromatic hydroxyl groups is 1. The number of phenolic OH excluding ortho intramolecular Hbond substituents is 1. The van der Waals surface area contributed by atoms with Crippen LogP contribution in [0.5, 0.6) is 11.5 Å². The number of carboxylic acid groups (broad SMARTS) is 1. The lowest BCUT2D eigenvalue weighted by atomic mass is 9.88. The van der Waals surface area contributed by atoms with Crippen molar-refractivity contribution in [3.63, 3.8) is 0 Å². The van der Waals surface area contributed by atoms with Gasteiger partial charge < -0.3 is 14.9 Å². The molecular weight excluding hydrogens is 256 g/mol. The Morgan fingerprint density at radius 2 is 2.17 bits per heavy atom. The molecule has 18 heavy (non-hydrogen) atoms. The van der Waals surface area contributed by atoms with E-state index >= 15 is 0 Å². The number of aryl methyl sites for hydroxylation is 1. The molecule has 0 aromatic heterocycles. The maximum Gasteiger partial charge on any atom is 0.304 e. The van der Waals surface area contributed by atoms with Gasteiger partial charge in [0, 0.05) is 5.41 Å². The van der Waals surface area contributed by atoms with Gasteiger partial charge in [0.1, 0.15) is 0 Å². The molecule has 4 nitrogen and oxygen atoms in total. The second-order valence-electron chi connectivity index (χ2n) is 4.79. The lowest BCUT2D eigenvalue weighted by molar-refractivity contribution is -0.137. The Morgan fingerprint density at radius 3 is 2.61 bits per heavy atom. The minimum absolute atomic E-state index is 0.0186. The summed E-state index contributed by atoms with van der Waals surface area (Å²) in [6.45, 7) is 1.82. The summed E-state index contributed by atoms with van der Waals surface area (Å²) in [5.74, 6) is -0.640. The van der Waals surface area contributed by atoms with E-state index in [1.54, 1.807) is 6.07 Å². The first-order valence-corrected chi connectivity index (χ1v) is 6.07. The monoisotopic (exact) mass is 270 g/mol. The third-order valence-corrected chi connectivity index (χ3v) is 3.84. The van der Waals surface area contributed by atoms with Gasteiger partial charge in [-0.2, -0.15) is 0 Å². The maximum atomic E-state index is 10.9. The van der Waals surface area contributed by atoms with Crippen LogP contribution in [0.15, 0.2) is 6.07 Å². The number of phenols is 1. The summed E-state index contributed by atoms with van der Waals surface area (Å²) < 4.78 is 5.07. The third kappa shape index (κ3) is 2.01. The summed E-state index contributed by atoms with van der Waals surface area (Å²) in [4.78, 5) is 10.9. The highest BCUT2D eigenvalue weighted by molar-refractivity contribution is 6.33. The quantitative estimate of drug-likeness (QED) is 0.883. The number of rotatable bonds is 4. The molecule has 2 N–H and O–H groups in total. The predicted octanol–water partition coefficient (Wildman–Crippen LogP) is 2.87. The highest BCUT2D eigenvalue weighted by Crippen LogP contribution is 2.56. The molecule has 0 heterocycles. The lowest BCUT2D eigenvalue weighted by Gasteiger charge is -2.20. The number of hydrogen-bond donors (Lipinski definition) is 2. The zero-order chi connectivity index (χ0) is 13.5. The van der Waals surface area contributed by atoms with Crippen molar-refractivity contribution < 1.29 is 19.7 Å². The molecule has 1 aromatic carbocycles. The first-order chi connectivity index (χ1) is 8.41. The van der Waals surface area contributed by atoms with E-state index < -0.39 is 11.4 Å². The summed E-state index contributed by atoms with van der Waals surface area (Å²) in [5, 5.41) is 19.1. The second-order valence-corrected chi connectivity index (χ2v) is 5.16. The van der Waals surface area contributed by atoms with Crippen LogP contribution >= 0.6 is 11.6 Å². The summed E-state index contributed by atoms with van der Waals surface area (Å²) in [6.07, 6.45) is 1.66. The van der Waals surface area contributed by atoms with Crippen LogP contribution in [0, 0.1) is 6.92 Å². The van der Waals surface area contributed by atoms with Crippen LogP contribution in [0.25, 0.3) is 0 Å². The number of hydrogen-bond acceptors (Lipinski definition) is 3. The fourth-order valence-electron chi connectivity index (χ4n) is 2.54. The van der Waals surface area contributed by atoms with Crippen LogP contribution in [0.2, 0.25) is 5.02 Å². The van der Waals surface area contributed by atoms with E-state index in [0.29, 0.717) is 5.02 Å². The molecule has 0 unspecified atom stereocenters. The van der Waals surface area contributed by atoms with Crippen molar-refractivity contribution in [2.24, 2.45) is 0 Å². The van der Waals surface area contributed by atoms with Gasteiger partial charge in [-0.3, -0.25) is 4.79 Å². The van der Waals surface area contributed by atoms with E-state index in [1.165, 1.54) is 7.11 Å². The average molecular weight is 271 g/mol. The van der Waals surface area contributed by atoms with Gasteiger partial charge in [-0.15, -0.1) is 0 Å². The van der Waals surface area contributed by atoms with Crippen LogP contribution in [-0.4, -0.2) is 23.3 Å². The molecule has 0 bridgehead atoms. The molecule has 1 fully saturated rings. The molecule has 1 aliphatic carbocycles. The maximum absolute atomic E-state index is 10.9. The Kier molecular flexibility index (Phi) is 3.15. The molecule has 0 amide bonds. The zero-order valence-electron chi connectivity index (χ0n) is 10.3. The van der Waals surface area contributed by atoms with E-state index in [0.717, 1.165) is 24.0 Å². The number of aliphatic carboxylic acids is 1. The van der Waals surface area contributed by atoms with Crippen molar-refractivity contribution in [3.8, 4) is 11.5 Å². The Hall–Kier alpha value is -1.42. The van der Waals surface area contributed by atoms with Gasteiger partial charge in [-0.1, -0.05) is 11.6 Å². The van der Waals surface area contributed by atoms with Crippen molar-refractivity contribution in [1.29, 1.82) is 0 Å². The molecule has 1 saturated carbocycles. The molecule has 2 rings (SSSR count). The van der Waals surface area contributed by atoms with E-state index in [9.17, 15) is 9.90 Å². The summed E-state index contributed by atoms with van der Waals surface area (Å²) in [7, 11) is 1.43. The summed E-state index contributed by atoms with van der Waals surface area (Å²) in [6, 6.07) is 1.57. The average Bonchev–Trinajstić information content (AvgIpc) is 2.96. The van der Waals surface area contributed by atoms with E-state index in [2.05, 4.69) is 0 Å². The van der Waals surface area contributed by atoms with Crippen molar-refractivity contribution in [2.75, 3.05) is 7.11 Å². The van der Waals surface area contributed by atoms with E-state index in [-0.39, 0.29) is 17.9 Å². The third-order valence-electron chi connectivity index (χ3n) is 3.48. The number of ether oxygens (including phenoxy) is 1. The molecule has 0 spiro atoms. The SMILES string of the molecule is COc1c(O)cc(C)c(C2(CC(=O)O)CC2)c1Cl. The fourth-order valence-corrected chi connectivity index (χ4v) is 3.07. The van der Waals surface area contributed by atoms with Gasteiger partial charge in [0.15, 0.2) is 11.5 Å². The smallest absolute Gasteiger partial charge is 0.304 e. The van der Waals surface area contributed by atoms with Crippen molar-refractivity contribution >= 4 is 17.6 Å². The highest BCUT2D eigenvalue weighted by Gasteiger charge is 2.48. The minimum atomic E-state index is -0.838. The normalized spacial score (nSPS) is 16.4. The first kappa shape index (κ1) is 13.0. The number of carbonyl (C=O) groups is 1. The fraction of sp³-hybridized carbons (Fsp3) is 0.462. The zero-order valence-corrected chi connectivity index (χ0v) is 11.0. The number of benzene rings is 1. The molecule has 5 heteroatoms. The molecule has 1 aliphatic rings. The van der Waals surface area contributed by atoms with Crippen LogP contribution in [0.4, 0.5) is 0 Å². The Labute approximate surface area is 110 Å². The Morgan fingerprint density at radius 1 is 1.56 bits per heavy atom. The largest absolute Gasteiger partial charge is 0.504 e. The van der Waals surface area contributed by atoms with Crippen LogP contribution in [0.1, 0.15) is 30.4 Å². The van der Waals surface area contributed by atoms with Crippen LogP contribution in [0.3, 0.4) is 0 Å². The molecular formula is C13H15ClO4. The number of methoxy groups -OCH3 is 1. The van der Waals surface area contributed by atoms with E-state index in [1.807, 2.05) is 6.92 Å². The first-order valence-electron chi connectivity index (χ1n) is 5.69. The van der Waals surface area contributed by atoms with Gasteiger partial charge in [-0.25, -0.2) is 0 Å². The van der Waals surface area contributed by atoms with Crippen molar-refractivity contribution in [3.05, 3.63) is 22.2 Å². The highest BCUT2D eigenvalue weighted by atomic mass is 35.5. The molecule has 0 saturated heterocycles. The number of carboxylic acids is 1. The molecule has 1 aromatic rings. The summed E-state index contributed by atoms with van der Waals surface area (Å²) in [5.41, 5.74) is 1.20.